The van der Waals surface area contributed by atoms with Gasteiger partial charge >= 0.3 is 6.18 Å². The second-order valence-corrected chi connectivity index (χ2v) is 9.04. The van der Waals surface area contributed by atoms with Crippen molar-refractivity contribution in [1.29, 1.82) is 5.26 Å². The molecule has 2 aromatic rings. The molecule has 0 atom stereocenters. The van der Waals surface area contributed by atoms with E-state index in [-0.39, 0.29) is 11.5 Å². The molecule has 1 saturated heterocycles. The number of nitrogens with zero attached hydrogens (tertiary/aromatic N) is 4. The van der Waals surface area contributed by atoms with Crippen LogP contribution in [0, 0.1) is 11.3 Å². The van der Waals surface area contributed by atoms with Gasteiger partial charge in [-0.05, 0) is 48.7 Å². The van der Waals surface area contributed by atoms with Crippen LogP contribution in [0.2, 0.25) is 0 Å². The minimum absolute atomic E-state index is 0.0274. The number of amides is 1. The van der Waals surface area contributed by atoms with Crippen molar-refractivity contribution in [2.75, 3.05) is 37.6 Å². The molecular weight excluding hydrogens is 441 g/mol. The number of unbranched alkanes of at least 4 members (excludes halogenated alkanes) is 2. The number of hydrogen-bond donors (Lipinski definition) is 0. The summed E-state index contributed by atoms with van der Waals surface area (Å²) in [5.41, 5.74) is 2.18. The molecule has 0 radical (unpaired) electrons. The number of anilines is 1. The number of benzene rings is 2. The number of alkyl halides is 3. The average Bonchev–Trinajstić information content (AvgIpc) is 3.28. The van der Waals surface area contributed by atoms with Gasteiger partial charge in [-0.1, -0.05) is 30.7 Å². The third kappa shape index (κ3) is 5.89. The summed E-state index contributed by atoms with van der Waals surface area (Å²) in [4.78, 5) is 18.7. The van der Waals surface area contributed by atoms with Crippen molar-refractivity contribution in [2.45, 2.75) is 44.9 Å². The molecule has 2 aromatic carbocycles. The van der Waals surface area contributed by atoms with E-state index in [1.165, 1.54) is 17.2 Å². The zero-order valence-electron chi connectivity index (χ0n) is 19.2. The smallest absolute Gasteiger partial charge is 0.369 e. The van der Waals surface area contributed by atoms with Crippen molar-refractivity contribution < 1.29 is 18.0 Å². The van der Waals surface area contributed by atoms with Crippen molar-refractivity contribution >= 4 is 11.6 Å². The number of carbonyl (C=O) groups is 1. The summed E-state index contributed by atoms with van der Waals surface area (Å²) in [7, 11) is 0. The normalized spacial score (nSPS) is 16.4. The third-order valence-corrected chi connectivity index (χ3v) is 6.67. The van der Waals surface area contributed by atoms with Crippen LogP contribution in [0.3, 0.4) is 0 Å². The van der Waals surface area contributed by atoms with Crippen LogP contribution in [0.5, 0.6) is 0 Å². The van der Waals surface area contributed by atoms with Gasteiger partial charge in [0, 0.05) is 51.4 Å². The second-order valence-electron chi connectivity index (χ2n) is 9.04. The van der Waals surface area contributed by atoms with Gasteiger partial charge in [0.2, 0.25) is 5.91 Å². The zero-order chi connectivity index (χ0) is 24.1. The van der Waals surface area contributed by atoms with Gasteiger partial charge in [-0.15, -0.1) is 0 Å². The van der Waals surface area contributed by atoms with E-state index >= 15 is 0 Å². The summed E-state index contributed by atoms with van der Waals surface area (Å²) in [6, 6.07) is 13.6. The molecule has 0 aromatic heterocycles. The van der Waals surface area contributed by atoms with Crippen LogP contribution in [0.1, 0.15) is 47.9 Å². The predicted octanol–water partition coefficient (Wildman–Crippen LogP) is 4.80. The molecule has 4 rings (SSSR count). The van der Waals surface area contributed by atoms with E-state index in [9.17, 15) is 18.0 Å². The summed E-state index contributed by atoms with van der Waals surface area (Å²) in [5.74, 6) is 0.211. The molecule has 5 nitrogen and oxygen atoms in total. The van der Waals surface area contributed by atoms with Crippen LogP contribution >= 0.6 is 0 Å². The fraction of sp³-hybridized carbons (Fsp3) is 0.462. The average molecular weight is 471 g/mol. The zero-order valence-corrected chi connectivity index (χ0v) is 19.2. The van der Waals surface area contributed by atoms with Crippen molar-refractivity contribution in [3.8, 4) is 6.07 Å². The molecule has 0 unspecified atom stereocenters. The van der Waals surface area contributed by atoms with Gasteiger partial charge in [-0.25, -0.2) is 0 Å². The van der Waals surface area contributed by atoms with Crippen LogP contribution in [0.4, 0.5) is 18.9 Å². The first-order chi connectivity index (χ1) is 16.3. The quantitative estimate of drug-likeness (QED) is 0.546. The Morgan fingerprint density at radius 3 is 2.24 bits per heavy atom. The van der Waals surface area contributed by atoms with Gasteiger partial charge in [0.25, 0.3) is 0 Å². The number of carbonyl (C=O) groups excluding carboxylic acids is 1. The molecule has 0 bridgehead atoms. The second kappa shape index (κ2) is 10.5. The molecule has 0 aliphatic carbocycles. The molecule has 1 fully saturated rings. The molecule has 0 N–H and O–H groups in total. The van der Waals surface area contributed by atoms with E-state index in [2.05, 4.69) is 17.0 Å². The van der Waals surface area contributed by atoms with Crippen LogP contribution in [0.15, 0.2) is 42.5 Å². The largest absolute Gasteiger partial charge is 0.416 e. The molecule has 0 spiro atoms. The highest BCUT2D eigenvalue weighted by Gasteiger charge is 2.32. The van der Waals surface area contributed by atoms with Crippen molar-refractivity contribution in [3.63, 3.8) is 0 Å². The Hall–Kier alpha value is -3.05. The van der Waals surface area contributed by atoms with Gasteiger partial charge in [0.05, 0.1) is 17.2 Å². The topological polar surface area (TPSA) is 50.6 Å². The molecule has 2 aliphatic rings. The van der Waals surface area contributed by atoms with E-state index in [1.54, 1.807) is 0 Å². The van der Waals surface area contributed by atoms with Gasteiger partial charge < -0.3 is 9.80 Å². The summed E-state index contributed by atoms with van der Waals surface area (Å²) >= 11 is 0. The maximum atomic E-state index is 13.2. The van der Waals surface area contributed by atoms with Gasteiger partial charge in [0.1, 0.15) is 0 Å². The van der Waals surface area contributed by atoms with E-state index in [1.807, 2.05) is 28.0 Å². The minimum Gasteiger partial charge on any atom is -0.369 e. The molecule has 8 heteroatoms. The van der Waals surface area contributed by atoms with Crippen LogP contribution in [0.25, 0.3) is 0 Å². The minimum atomic E-state index is -4.47. The summed E-state index contributed by atoms with van der Waals surface area (Å²) in [6.45, 7) is 5.12. The maximum Gasteiger partial charge on any atom is 0.416 e. The highest BCUT2D eigenvalue weighted by Crippen LogP contribution is 2.33. The Morgan fingerprint density at radius 1 is 0.941 bits per heavy atom. The number of halogens is 3. The standard InChI is InChI=1S/C26H29F3N4O/c27-26(28,29)23-14-20(17-30)15-24(16-23)32-12-10-31(11-13-32)9-5-1-2-8-25(34)33-18-21-6-3-4-7-22(21)19-33/h3-4,6-7,14-16H,1-2,5,8-13,18-19H2. The van der Waals surface area contributed by atoms with Crippen molar-refractivity contribution in [1.82, 2.24) is 9.80 Å². The van der Waals surface area contributed by atoms with Gasteiger partial charge in [-0.3, -0.25) is 9.69 Å². The summed E-state index contributed by atoms with van der Waals surface area (Å²) in [6.07, 6.45) is -1.06. The first kappa shape index (κ1) is 24.1. The van der Waals surface area contributed by atoms with Crippen LogP contribution in [-0.2, 0) is 24.1 Å². The number of nitriles is 1. The van der Waals surface area contributed by atoms with Crippen molar-refractivity contribution in [2.24, 2.45) is 0 Å². The fourth-order valence-electron chi connectivity index (χ4n) is 4.71. The maximum absolute atomic E-state index is 13.2. The lowest BCUT2D eigenvalue weighted by Crippen LogP contribution is -2.46. The lowest BCUT2D eigenvalue weighted by Gasteiger charge is -2.36. The Bertz CT molecular complexity index is 1030. The predicted molar refractivity (Wildman–Crippen MR) is 124 cm³/mol. The van der Waals surface area contributed by atoms with Crippen LogP contribution in [-0.4, -0.2) is 48.4 Å². The summed E-state index contributed by atoms with van der Waals surface area (Å²) in [5, 5.41) is 9.10. The number of piperazine rings is 1. The van der Waals surface area contributed by atoms with E-state index < -0.39 is 11.7 Å². The first-order valence-electron chi connectivity index (χ1n) is 11.8. The summed E-state index contributed by atoms with van der Waals surface area (Å²) < 4.78 is 39.5. The van der Waals surface area contributed by atoms with E-state index in [0.29, 0.717) is 38.3 Å². The molecular formula is C26H29F3N4O. The highest BCUT2D eigenvalue weighted by molar-refractivity contribution is 5.76. The van der Waals surface area contributed by atoms with E-state index in [4.69, 9.17) is 5.26 Å². The fourth-order valence-corrected chi connectivity index (χ4v) is 4.71. The van der Waals surface area contributed by atoms with Crippen LogP contribution < -0.4 is 4.90 Å². The highest BCUT2D eigenvalue weighted by atomic mass is 19.4. The van der Waals surface area contributed by atoms with Gasteiger partial charge in [-0.2, -0.15) is 18.4 Å². The Labute approximate surface area is 198 Å². The molecule has 180 valence electrons. The number of fused-ring (bicyclic) bond motifs is 1. The number of hydrogen-bond acceptors (Lipinski definition) is 4. The lowest BCUT2D eigenvalue weighted by molar-refractivity contribution is -0.137. The molecule has 2 aliphatic heterocycles. The molecule has 2 heterocycles. The molecule has 0 saturated carbocycles. The molecule has 1 amide bonds. The number of rotatable bonds is 7. The first-order valence-corrected chi connectivity index (χ1v) is 11.8. The Balaban J connectivity index is 1.16. The van der Waals surface area contributed by atoms with E-state index in [0.717, 1.165) is 51.0 Å². The molecule has 34 heavy (non-hydrogen) atoms. The Kier molecular flexibility index (Phi) is 7.42. The lowest BCUT2D eigenvalue weighted by atomic mass is 10.1. The Morgan fingerprint density at radius 2 is 1.62 bits per heavy atom. The monoisotopic (exact) mass is 470 g/mol. The third-order valence-electron chi connectivity index (χ3n) is 6.67. The van der Waals surface area contributed by atoms with Crippen molar-refractivity contribution in [3.05, 3.63) is 64.7 Å². The van der Waals surface area contributed by atoms with Gasteiger partial charge in [0.15, 0.2) is 0 Å². The SMILES string of the molecule is N#Cc1cc(N2CCN(CCCCCC(=O)N3Cc4ccccc4C3)CC2)cc(C(F)(F)F)c1.